The zero-order valence-corrected chi connectivity index (χ0v) is 16.2. The number of hydrogen-bond acceptors (Lipinski definition) is 5. The van der Waals surface area contributed by atoms with E-state index in [-0.39, 0.29) is 15.5 Å². The van der Waals surface area contributed by atoms with Gasteiger partial charge in [-0.3, -0.25) is 0 Å². The van der Waals surface area contributed by atoms with Crippen molar-refractivity contribution in [1.29, 1.82) is 0 Å². The Kier molecular flexibility index (Phi) is 5.57. The van der Waals surface area contributed by atoms with Gasteiger partial charge in [-0.05, 0) is 49.2 Å². The van der Waals surface area contributed by atoms with Crippen LogP contribution < -0.4 is 4.18 Å². The van der Waals surface area contributed by atoms with Gasteiger partial charge in [0, 0.05) is 24.2 Å². The zero-order valence-electron chi connectivity index (χ0n) is 13.8. The first kappa shape index (κ1) is 19.2. The topological polar surface area (TPSA) is 80.8 Å². The fourth-order valence-electron chi connectivity index (χ4n) is 2.73. The first-order valence-electron chi connectivity index (χ1n) is 8.09. The lowest BCUT2D eigenvalue weighted by atomic mass is 10.2. The highest BCUT2D eigenvalue weighted by molar-refractivity contribution is 7.89. The molecular weight excluding hydrogens is 398 g/mol. The second-order valence-corrected chi connectivity index (χ2v) is 9.85. The molecule has 0 spiro atoms. The summed E-state index contributed by atoms with van der Waals surface area (Å²) in [5.74, 6) is 0.0857. The summed E-state index contributed by atoms with van der Waals surface area (Å²) in [5, 5.41) is 0.348. The number of nitrogens with zero attached hydrogens (tertiary/aromatic N) is 1. The number of rotatable bonds is 5. The maximum atomic E-state index is 12.6. The van der Waals surface area contributed by atoms with Crippen LogP contribution >= 0.6 is 11.6 Å². The number of hydrogen-bond donors (Lipinski definition) is 0. The molecule has 1 aliphatic rings. The summed E-state index contributed by atoms with van der Waals surface area (Å²) >= 11 is 5.82. The molecular formula is C17H18ClNO5S2. The molecule has 0 amide bonds. The van der Waals surface area contributed by atoms with E-state index in [2.05, 4.69) is 0 Å². The van der Waals surface area contributed by atoms with E-state index >= 15 is 0 Å². The van der Waals surface area contributed by atoms with Gasteiger partial charge in [0.2, 0.25) is 10.0 Å². The Balaban J connectivity index is 1.82. The molecule has 3 rings (SSSR count). The van der Waals surface area contributed by atoms with Crippen LogP contribution in [0.5, 0.6) is 5.75 Å². The third-order valence-corrected chi connectivity index (χ3v) is 7.48. The van der Waals surface area contributed by atoms with Gasteiger partial charge in [0.05, 0.1) is 4.90 Å². The lowest BCUT2D eigenvalue weighted by molar-refractivity contribution is 0.346. The van der Waals surface area contributed by atoms with Gasteiger partial charge < -0.3 is 4.18 Å². The molecule has 0 unspecified atom stereocenters. The standard InChI is InChI=1S/C17H18ClNO5S2/c18-14-5-4-6-15(13-14)24-26(22,23)17-9-7-16(8-10-17)25(20,21)19-11-2-1-3-12-19/h4-10,13H,1-3,11-12H2. The second-order valence-electron chi connectivity index (χ2n) is 5.93. The predicted molar refractivity (Wildman–Crippen MR) is 98.3 cm³/mol. The Labute approximate surface area is 158 Å². The summed E-state index contributed by atoms with van der Waals surface area (Å²) in [6.45, 7) is 0.973. The van der Waals surface area contributed by atoms with Gasteiger partial charge in [-0.25, -0.2) is 8.42 Å². The van der Waals surface area contributed by atoms with Crippen molar-refractivity contribution in [2.45, 2.75) is 29.1 Å². The normalized spacial score (nSPS) is 16.3. The van der Waals surface area contributed by atoms with Gasteiger partial charge in [-0.2, -0.15) is 12.7 Å². The molecule has 0 saturated carbocycles. The van der Waals surface area contributed by atoms with Crippen LogP contribution in [-0.2, 0) is 20.1 Å². The Morgan fingerprint density at radius 3 is 2.08 bits per heavy atom. The molecule has 0 bridgehead atoms. The number of piperidine rings is 1. The molecule has 2 aromatic carbocycles. The number of benzene rings is 2. The average Bonchev–Trinajstić information content (AvgIpc) is 2.62. The molecule has 9 heteroatoms. The second kappa shape index (κ2) is 7.56. The predicted octanol–water partition coefficient (Wildman–Crippen LogP) is 3.28. The van der Waals surface area contributed by atoms with Crippen LogP contribution in [0.2, 0.25) is 5.02 Å². The highest BCUT2D eigenvalue weighted by atomic mass is 35.5. The minimum absolute atomic E-state index is 0.0705. The van der Waals surface area contributed by atoms with E-state index in [4.69, 9.17) is 15.8 Å². The van der Waals surface area contributed by atoms with Gasteiger partial charge in [0.1, 0.15) is 10.6 Å². The van der Waals surface area contributed by atoms with E-state index in [1.807, 2.05) is 0 Å². The molecule has 0 N–H and O–H groups in total. The van der Waals surface area contributed by atoms with E-state index in [1.165, 1.54) is 40.7 Å². The summed E-state index contributed by atoms with van der Waals surface area (Å²) < 4.78 is 56.4. The molecule has 140 valence electrons. The van der Waals surface area contributed by atoms with Gasteiger partial charge in [0.25, 0.3) is 0 Å². The van der Waals surface area contributed by atoms with Crippen LogP contribution in [0.4, 0.5) is 0 Å². The van der Waals surface area contributed by atoms with E-state index in [1.54, 1.807) is 12.1 Å². The van der Waals surface area contributed by atoms with Crippen LogP contribution in [0.25, 0.3) is 0 Å². The molecule has 6 nitrogen and oxygen atoms in total. The summed E-state index contributed by atoms with van der Waals surface area (Å²) in [4.78, 5) is -0.0591. The van der Waals surface area contributed by atoms with Crippen LogP contribution in [0.15, 0.2) is 58.3 Å². The number of halogens is 1. The van der Waals surface area contributed by atoms with E-state index in [9.17, 15) is 16.8 Å². The zero-order chi connectivity index (χ0) is 18.8. The highest BCUT2D eigenvalue weighted by Crippen LogP contribution is 2.24. The van der Waals surface area contributed by atoms with Crippen molar-refractivity contribution in [1.82, 2.24) is 4.31 Å². The summed E-state index contributed by atoms with van der Waals surface area (Å²) in [6, 6.07) is 11.1. The Bertz CT molecular complexity index is 982. The number of sulfonamides is 1. The molecule has 1 heterocycles. The summed E-state index contributed by atoms with van der Waals surface area (Å²) in [6.07, 6.45) is 2.68. The molecule has 0 radical (unpaired) electrons. The van der Waals surface area contributed by atoms with Gasteiger partial charge in [-0.1, -0.05) is 24.1 Å². The monoisotopic (exact) mass is 415 g/mol. The van der Waals surface area contributed by atoms with Crippen LogP contribution in [0, 0.1) is 0 Å². The first-order valence-corrected chi connectivity index (χ1v) is 11.3. The molecule has 0 aromatic heterocycles. The van der Waals surface area contributed by atoms with Crippen LogP contribution in [0.3, 0.4) is 0 Å². The maximum Gasteiger partial charge on any atom is 0.339 e. The Hall–Kier alpha value is -1.61. The largest absolute Gasteiger partial charge is 0.379 e. The third kappa shape index (κ3) is 4.20. The molecule has 26 heavy (non-hydrogen) atoms. The first-order chi connectivity index (χ1) is 12.3. The maximum absolute atomic E-state index is 12.6. The van der Waals surface area contributed by atoms with Crippen molar-refractivity contribution in [3.8, 4) is 5.75 Å². The fraction of sp³-hybridized carbons (Fsp3) is 0.294. The third-order valence-electron chi connectivity index (χ3n) is 4.07. The smallest absolute Gasteiger partial charge is 0.339 e. The van der Waals surface area contributed by atoms with Crippen LogP contribution in [0.1, 0.15) is 19.3 Å². The van der Waals surface area contributed by atoms with Gasteiger partial charge >= 0.3 is 10.1 Å². The fourth-order valence-corrected chi connectivity index (χ4v) is 5.35. The van der Waals surface area contributed by atoms with Crippen molar-refractivity contribution < 1.29 is 21.0 Å². The Morgan fingerprint density at radius 1 is 0.846 bits per heavy atom. The van der Waals surface area contributed by atoms with E-state index < -0.39 is 20.1 Å². The quantitative estimate of drug-likeness (QED) is 0.700. The molecule has 2 aromatic rings. The lowest BCUT2D eigenvalue weighted by Crippen LogP contribution is -2.35. The lowest BCUT2D eigenvalue weighted by Gasteiger charge is -2.25. The minimum Gasteiger partial charge on any atom is -0.379 e. The molecule has 0 atom stereocenters. The SMILES string of the molecule is O=S(=O)(Oc1cccc(Cl)c1)c1ccc(S(=O)(=O)N2CCCCC2)cc1. The van der Waals surface area contributed by atoms with Crippen molar-refractivity contribution in [2.75, 3.05) is 13.1 Å². The van der Waals surface area contributed by atoms with E-state index in [0.29, 0.717) is 18.1 Å². The van der Waals surface area contributed by atoms with Gasteiger partial charge in [0.15, 0.2) is 0 Å². The van der Waals surface area contributed by atoms with Crippen LogP contribution in [-0.4, -0.2) is 34.2 Å². The average molecular weight is 416 g/mol. The Morgan fingerprint density at radius 2 is 1.46 bits per heavy atom. The minimum atomic E-state index is -4.08. The molecule has 1 aliphatic heterocycles. The summed E-state index contributed by atoms with van der Waals surface area (Å²) in [5.41, 5.74) is 0. The highest BCUT2D eigenvalue weighted by Gasteiger charge is 2.26. The van der Waals surface area contributed by atoms with Gasteiger partial charge in [-0.15, -0.1) is 0 Å². The van der Waals surface area contributed by atoms with Crippen molar-refractivity contribution in [2.24, 2.45) is 0 Å². The van der Waals surface area contributed by atoms with Crippen molar-refractivity contribution >= 4 is 31.7 Å². The summed E-state index contributed by atoms with van der Waals surface area (Å²) in [7, 11) is -7.69. The van der Waals surface area contributed by atoms with Crippen molar-refractivity contribution in [3.05, 3.63) is 53.6 Å². The molecule has 0 aliphatic carbocycles. The molecule has 1 fully saturated rings. The van der Waals surface area contributed by atoms with Crippen molar-refractivity contribution in [3.63, 3.8) is 0 Å². The molecule has 1 saturated heterocycles. The van der Waals surface area contributed by atoms with E-state index in [0.717, 1.165) is 19.3 Å².